The zero-order valence-electron chi connectivity index (χ0n) is 17.2. The first-order chi connectivity index (χ1) is 14.2. The molecule has 1 heterocycles. The molecule has 0 bridgehead atoms. The summed E-state index contributed by atoms with van der Waals surface area (Å²) in [6.07, 6.45) is 2.14. The van der Waals surface area contributed by atoms with Crippen molar-refractivity contribution in [2.24, 2.45) is 0 Å². The number of carbonyl (C=O) groups excluding carboxylic acids is 1. The number of thioether (sulfide) groups is 1. The molecule has 1 aliphatic heterocycles. The van der Waals surface area contributed by atoms with Gasteiger partial charge >= 0.3 is 5.97 Å². The molecule has 156 valence electrons. The van der Waals surface area contributed by atoms with Crippen molar-refractivity contribution in [3.8, 4) is 17.2 Å². The third kappa shape index (κ3) is 5.82. The van der Waals surface area contributed by atoms with Crippen molar-refractivity contribution in [1.29, 1.82) is 0 Å². The predicted octanol–water partition coefficient (Wildman–Crippen LogP) is 5.17. The SMILES string of the molecule is CCCCC(=O)Oc1c(OCC)cccc1OCCN1CCSc2ccccc21. The molecule has 2 aromatic carbocycles. The zero-order valence-corrected chi connectivity index (χ0v) is 18.0. The van der Waals surface area contributed by atoms with Crippen molar-refractivity contribution in [3.63, 3.8) is 0 Å². The van der Waals surface area contributed by atoms with Crippen molar-refractivity contribution < 1.29 is 19.0 Å². The van der Waals surface area contributed by atoms with Gasteiger partial charge in [-0.3, -0.25) is 4.79 Å². The fourth-order valence-corrected chi connectivity index (χ4v) is 4.24. The summed E-state index contributed by atoms with van der Waals surface area (Å²) < 4.78 is 17.3. The van der Waals surface area contributed by atoms with Crippen LogP contribution in [0.3, 0.4) is 0 Å². The molecule has 0 N–H and O–H groups in total. The summed E-state index contributed by atoms with van der Waals surface area (Å²) in [7, 11) is 0. The van der Waals surface area contributed by atoms with Crippen molar-refractivity contribution in [3.05, 3.63) is 42.5 Å². The summed E-state index contributed by atoms with van der Waals surface area (Å²) in [6, 6.07) is 13.9. The maximum Gasteiger partial charge on any atom is 0.311 e. The molecule has 5 nitrogen and oxygen atoms in total. The molecule has 0 aliphatic carbocycles. The molecule has 0 radical (unpaired) electrons. The van der Waals surface area contributed by atoms with Crippen LogP contribution in [0.25, 0.3) is 0 Å². The number of ether oxygens (including phenoxy) is 3. The van der Waals surface area contributed by atoms with Crippen molar-refractivity contribution in [2.75, 3.05) is 37.0 Å². The second-order valence-corrected chi connectivity index (χ2v) is 7.88. The minimum absolute atomic E-state index is 0.258. The van der Waals surface area contributed by atoms with Gasteiger partial charge in [0.05, 0.1) is 18.8 Å². The third-order valence-corrected chi connectivity index (χ3v) is 5.68. The highest BCUT2D eigenvalue weighted by Crippen LogP contribution is 2.38. The number of para-hydroxylation sites is 2. The van der Waals surface area contributed by atoms with E-state index in [1.165, 1.54) is 10.6 Å². The van der Waals surface area contributed by atoms with E-state index in [1.807, 2.05) is 37.7 Å². The Hall–Kier alpha value is -2.34. The van der Waals surface area contributed by atoms with Crippen LogP contribution in [-0.4, -0.2) is 38.0 Å². The lowest BCUT2D eigenvalue weighted by atomic mass is 10.2. The molecule has 2 aromatic rings. The number of nitrogens with zero attached hydrogens (tertiary/aromatic N) is 1. The van der Waals surface area contributed by atoms with Gasteiger partial charge in [-0.25, -0.2) is 0 Å². The van der Waals surface area contributed by atoms with E-state index in [1.54, 1.807) is 6.07 Å². The summed E-state index contributed by atoms with van der Waals surface area (Å²) in [4.78, 5) is 15.8. The number of carbonyl (C=O) groups is 1. The molecule has 0 aromatic heterocycles. The van der Waals surface area contributed by atoms with Crippen LogP contribution in [-0.2, 0) is 4.79 Å². The number of unbranched alkanes of at least 4 members (excludes halogenated alkanes) is 1. The Morgan fingerprint density at radius 2 is 1.86 bits per heavy atom. The van der Waals surface area contributed by atoms with E-state index >= 15 is 0 Å². The average Bonchev–Trinajstić information content (AvgIpc) is 2.74. The number of rotatable bonds is 10. The fourth-order valence-electron chi connectivity index (χ4n) is 3.19. The molecule has 0 saturated carbocycles. The van der Waals surface area contributed by atoms with E-state index in [0.29, 0.717) is 36.9 Å². The van der Waals surface area contributed by atoms with Crippen LogP contribution in [0.1, 0.15) is 33.1 Å². The highest BCUT2D eigenvalue weighted by molar-refractivity contribution is 7.99. The van der Waals surface area contributed by atoms with E-state index in [4.69, 9.17) is 14.2 Å². The molecule has 0 fully saturated rings. The number of esters is 1. The Kier molecular flexibility index (Phi) is 8.11. The van der Waals surface area contributed by atoms with Gasteiger partial charge in [0, 0.05) is 23.6 Å². The van der Waals surface area contributed by atoms with Gasteiger partial charge in [0.15, 0.2) is 11.5 Å². The Labute approximate surface area is 177 Å². The van der Waals surface area contributed by atoms with Gasteiger partial charge in [-0.2, -0.15) is 0 Å². The van der Waals surface area contributed by atoms with E-state index in [9.17, 15) is 4.79 Å². The van der Waals surface area contributed by atoms with Crippen molar-refractivity contribution in [1.82, 2.24) is 0 Å². The van der Waals surface area contributed by atoms with Crippen LogP contribution >= 0.6 is 11.8 Å². The first-order valence-corrected chi connectivity index (χ1v) is 11.3. The van der Waals surface area contributed by atoms with Crippen LogP contribution in [0.2, 0.25) is 0 Å². The molecule has 29 heavy (non-hydrogen) atoms. The maximum atomic E-state index is 12.2. The first-order valence-electron chi connectivity index (χ1n) is 10.3. The second-order valence-electron chi connectivity index (χ2n) is 6.75. The summed E-state index contributed by atoms with van der Waals surface area (Å²) in [6.45, 7) is 6.69. The van der Waals surface area contributed by atoms with E-state index in [-0.39, 0.29) is 5.97 Å². The molecule has 0 spiro atoms. The number of fused-ring (bicyclic) bond motifs is 1. The molecular weight excluding hydrogens is 386 g/mol. The Morgan fingerprint density at radius 3 is 2.66 bits per heavy atom. The van der Waals surface area contributed by atoms with Crippen LogP contribution in [0.15, 0.2) is 47.4 Å². The summed E-state index contributed by atoms with van der Waals surface area (Å²) >= 11 is 1.89. The summed E-state index contributed by atoms with van der Waals surface area (Å²) in [5.74, 6) is 2.27. The van der Waals surface area contributed by atoms with Crippen LogP contribution < -0.4 is 19.1 Å². The monoisotopic (exact) mass is 415 g/mol. The highest BCUT2D eigenvalue weighted by atomic mass is 32.2. The quantitative estimate of drug-likeness (QED) is 0.394. The van der Waals surface area contributed by atoms with E-state index < -0.39 is 0 Å². The number of hydrogen-bond donors (Lipinski definition) is 0. The predicted molar refractivity (Wildman–Crippen MR) is 118 cm³/mol. The molecule has 0 amide bonds. The normalized spacial score (nSPS) is 13.0. The minimum atomic E-state index is -0.258. The zero-order chi connectivity index (χ0) is 20.5. The van der Waals surface area contributed by atoms with Gasteiger partial charge in [0.1, 0.15) is 6.61 Å². The van der Waals surface area contributed by atoms with Crippen LogP contribution in [0.4, 0.5) is 5.69 Å². The second kappa shape index (κ2) is 11.0. The van der Waals surface area contributed by atoms with E-state index in [0.717, 1.165) is 31.7 Å². The molecule has 0 saturated heterocycles. The molecule has 6 heteroatoms. The summed E-state index contributed by atoms with van der Waals surface area (Å²) in [5.41, 5.74) is 1.25. The Balaban J connectivity index is 1.67. The molecule has 0 unspecified atom stereocenters. The van der Waals surface area contributed by atoms with E-state index in [2.05, 4.69) is 29.2 Å². The lowest BCUT2D eigenvalue weighted by Crippen LogP contribution is -2.33. The van der Waals surface area contributed by atoms with Gasteiger partial charge in [-0.15, -0.1) is 11.8 Å². The lowest BCUT2D eigenvalue weighted by molar-refractivity contribution is -0.134. The molecule has 0 atom stereocenters. The highest BCUT2D eigenvalue weighted by Gasteiger charge is 2.19. The number of anilines is 1. The van der Waals surface area contributed by atoms with Crippen molar-refractivity contribution in [2.45, 2.75) is 38.0 Å². The van der Waals surface area contributed by atoms with Gasteiger partial charge in [-0.05, 0) is 37.6 Å². The smallest absolute Gasteiger partial charge is 0.311 e. The topological polar surface area (TPSA) is 48.0 Å². The Morgan fingerprint density at radius 1 is 1.07 bits per heavy atom. The van der Waals surface area contributed by atoms with Gasteiger partial charge in [0.25, 0.3) is 0 Å². The molecule has 3 rings (SSSR count). The molecule has 1 aliphatic rings. The van der Waals surface area contributed by atoms with Gasteiger partial charge < -0.3 is 19.1 Å². The third-order valence-electron chi connectivity index (χ3n) is 4.64. The van der Waals surface area contributed by atoms with Crippen LogP contribution in [0.5, 0.6) is 17.2 Å². The van der Waals surface area contributed by atoms with Crippen LogP contribution in [0, 0.1) is 0 Å². The first kappa shape index (κ1) is 21.4. The van der Waals surface area contributed by atoms with Crippen molar-refractivity contribution >= 4 is 23.4 Å². The molecular formula is C23H29NO4S. The lowest BCUT2D eigenvalue weighted by Gasteiger charge is -2.30. The maximum absolute atomic E-state index is 12.2. The largest absolute Gasteiger partial charge is 0.490 e. The standard InChI is InChI=1S/C23H29NO4S/c1-3-5-13-22(25)28-23-19(26-4-2)10-8-11-20(23)27-16-14-24-15-17-29-21-12-7-6-9-18(21)24/h6-12H,3-5,13-17H2,1-2H3. The number of benzene rings is 2. The summed E-state index contributed by atoms with van der Waals surface area (Å²) in [5, 5.41) is 0. The Bertz CT molecular complexity index is 811. The number of hydrogen-bond acceptors (Lipinski definition) is 6. The fraction of sp³-hybridized carbons (Fsp3) is 0.435. The van der Waals surface area contributed by atoms with Gasteiger partial charge in [-0.1, -0.05) is 31.5 Å². The minimum Gasteiger partial charge on any atom is -0.490 e. The average molecular weight is 416 g/mol. The van der Waals surface area contributed by atoms with Gasteiger partial charge in [0.2, 0.25) is 5.75 Å².